The van der Waals surface area contributed by atoms with E-state index in [1.807, 2.05) is 5.38 Å². The second kappa shape index (κ2) is 3.31. The molecule has 1 fully saturated rings. The molecule has 0 spiro atoms. The van der Waals surface area contributed by atoms with E-state index < -0.39 is 0 Å². The first-order valence-corrected chi connectivity index (χ1v) is 4.77. The van der Waals surface area contributed by atoms with Crippen molar-refractivity contribution in [3.05, 3.63) is 11.6 Å². The molecular formula is C7H9N3O2S. The van der Waals surface area contributed by atoms with Crippen molar-refractivity contribution in [3.63, 3.8) is 0 Å². The van der Waals surface area contributed by atoms with Crippen molar-refractivity contribution in [1.82, 2.24) is 4.98 Å². The number of hydrogen-bond acceptors (Lipinski definition) is 5. The highest BCUT2D eigenvalue weighted by Gasteiger charge is 2.32. The second-order valence-electron chi connectivity index (χ2n) is 2.67. The standard InChI is InChI=1S/C7H9N3O2S/c8-3-5-4-10(7(11)12-5)6-9-1-2-13-6/h1-2,5H,3-4,8H2. The van der Waals surface area contributed by atoms with Gasteiger partial charge in [-0.15, -0.1) is 11.3 Å². The number of carbonyl (C=O) groups is 1. The maximum atomic E-state index is 11.3. The number of ether oxygens (including phenoxy) is 1. The minimum atomic E-state index is -0.356. The number of carbonyl (C=O) groups excluding carboxylic acids is 1. The minimum absolute atomic E-state index is 0.198. The molecule has 70 valence electrons. The summed E-state index contributed by atoms with van der Waals surface area (Å²) in [6.07, 6.45) is 1.10. The van der Waals surface area contributed by atoms with E-state index in [1.165, 1.54) is 16.2 Å². The van der Waals surface area contributed by atoms with Crippen molar-refractivity contribution in [2.24, 2.45) is 5.73 Å². The average Bonchev–Trinajstić information content (AvgIpc) is 2.72. The number of nitrogens with zero attached hydrogens (tertiary/aromatic N) is 2. The molecule has 6 heteroatoms. The highest BCUT2D eigenvalue weighted by atomic mass is 32.1. The molecule has 2 rings (SSSR count). The molecule has 0 saturated carbocycles. The van der Waals surface area contributed by atoms with E-state index in [1.54, 1.807) is 6.20 Å². The number of rotatable bonds is 2. The van der Waals surface area contributed by atoms with Crippen LogP contribution >= 0.6 is 11.3 Å². The summed E-state index contributed by atoms with van der Waals surface area (Å²) in [4.78, 5) is 16.8. The van der Waals surface area contributed by atoms with Gasteiger partial charge in [0.25, 0.3) is 0 Å². The lowest BCUT2D eigenvalue weighted by atomic mass is 10.4. The molecule has 0 bridgehead atoms. The van der Waals surface area contributed by atoms with Gasteiger partial charge < -0.3 is 10.5 Å². The van der Waals surface area contributed by atoms with E-state index in [2.05, 4.69) is 4.98 Å². The molecule has 2 heterocycles. The van der Waals surface area contributed by atoms with Gasteiger partial charge in [-0.3, -0.25) is 0 Å². The van der Waals surface area contributed by atoms with Gasteiger partial charge in [0.05, 0.1) is 6.54 Å². The third kappa shape index (κ3) is 1.50. The maximum Gasteiger partial charge on any atom is 0.416 e. The molecule has 1 unspecified atom stereocenters. The summed E-state index contributed by atoms with van der Waals surface area (Å²) in [6.45, 7) is 0.858. The van der Waals surface area contributed by atoms with Gasteiger partial charge in [-0.2, -0.15) is 0 Å². The van der Waals surface area contributed by atoms with Crippen molar-refractivity contribution in [3.8, 4) is 0 Å². The van der Waals surface area contributed by atoms with Gasteiger partial charge in [-0.05, 0) is 0 Å². The summed E-state index contributed by atoms with van der Waals surface area (Å²) >= 11 is 1.41. The summed E-state index contributed by atoms with van der Waals surface area (Å²) in [5, 5.41) is 2.49. The molecule has 1 amide bonds. The molecular weight excluding hydrogens is 190 g/mol. The van der Waals surface area contributed by atoms with E-state index in [0.717, 1.165) is 0 Å². The van der Waals surface area contributed by atoms with Gasteiger partial charge in [-0.1, -0.05) is 0 Å². The molecule has 1 aromatic rings. The van der Waals surface area contributed by atoms with E-state index in [4.69, 9.17) is 10.5 Å². The molecule has 0 aromatic carbocycles. The fourth-order valence-corrected chi connectivity index (χ4v) is 1.79. The second-order valence-corrected chi connectivity index (χ2v) is 3.54. The van der Waals surface area contributed by atoms with Crippen LogP contribution in [0, 0.1) is 0 Å². The Hall–Kier alpha value is -1.14. The zero-order chi connectivity index (χ0) is 9.26. The molecule has 1 aromatic heterocycles. The number of hydrogen-bond donors (Lipinski definition) is 1. The van der Waals surface area contributed by atoms with Gasteiger partial charge in [0.15, 0.2) is 5.13 Å². The lowest BCUT2D eigenvalue weighted by Gasteiger charge is -2.06. The first-order valence-electron chi connectivity index (χ1n) is 3.89. The Labute approximate surface area is 79.1 Å². The molecule has 1 saturated heterocycles. The van der Waals surface area contributed by atoms with Gasteiger partial charge in [0, 0.05) is 18.1 Å². The largest absolute Gasteiger partial charge is 0.443 e. The number of thiazole rings is 1. The smallest absolute Gasteiger partial charge is 0.416 e. The van der Waals surface area contributed by atoms with Gasteiger partial charge in [0.2, 0.25) is 0 Å². The molecule has 1 aliphatic heterocycles. The first kappa shape index (κ1) is 8.46. The molecule has 2 N–H and O–H groups in total. The number of amides is 1. The molecule has 5 nitrogen and oxygen atoms in total. The summed E-state index contributed by atoms with van der Waals surface area (Å²) < 4.78 is 4.98. The minimum Gasteiger partial charge on any atom is -0.443 e. The van der Waals surface area contributed by atoms with E-state index in [-0.39, 0.29) is 12.2 Å². The molecule has 1 atom stereocenters. The topological polar surface area (TPSA) is 68.5 Å². The van der Waals surface area contributed by atoms with Crippen LogP contribution in [0.5, 0.6) is 0 Å². The lowest BCUT2D eigenvalue weighted by molar-refractivity contribution is 0.145. The monoisotopic (exact) mass is 199 g/mol. The van der Waals surface area contributed by atoms with Crippen LogP contribution < -0.4 is 10.6 Å². The van der Waals surface area contributed by atoms with Crippen molar-refractivity contribution in [2.75, 3.05) is 18.0 Å². The third-order valence-corrected chi connectivity index (χ3v) is 2.58. The van der Waals surface area contributed by atoms with E-state index >= 15 is 0 Å². The van der Waals surface area contributed by atoms with Crippen LogP contribution in [-0.4, -0.2) is 30.3 Å². The van der Waals surface area contributed by atoms with Gasteiger partial charge in [-0.25, -0.2) is 14.7 Å². The number of cyclic esters (lactones) is 1. The van der Waals surface area contributed by atoms with Crippen molar-refractivity contribution >= 4 is 22.6 Å². The number of aromatic nitrogens is 1. The van der Waals surface area contributed by atoms with E-state index in [0.29, 0.717) is 18.2 Å². The van der Waals surface area contributed by atoms with Crippen LogP contribution in [0.25, 0.3) is 0 Å². The number of anilines is 1. The van der Waals surface area contributed by atoms with E-state index in [9.17, 15) is 4.79 Å². The third-order valence-electron chi connectivity index (χ3n) is 1.79. The SMILES string of the molecule is NCC1CN(c2nccs2)C(=O)O1. The van der Waals surface area contributed by atoms with Gasteiger partial charge >= 0.3 is 6.09 Å². The fraction of sp³-hybridized carbons (Fsp3) is 0.429. The van der Waals surface area contributed by atoms with Crippen LogP contribution in [0.15, 0.2) is 11.6 Å². The Morgan fingerprint density at radius 1 is 1.85 bits per heavy atom. The number of nitrogens with two attached hydrogens (primary N) is 1. The Morgan fingerprint density at radius 3 is 3.23 bits per heavy atom. The molecule has 0 radical (unpaired) electrons. The van der Waals surface area contributed by atoms with Crippen LogP contribution in [0.2, 0.25) is 0 Å². The zero-order valence-electron chi connectivity index (χ0n) is 6.84. The first-order chi connectivity index (χ1) is 6.31. The summed E-state index contributed by atoms with van der Waals surface area (Å²) in [5.74, 6) is 0. The van der Waals surface area contributed by atoms with Crippen molar-refractivity contribution < 1.29 is 9.53 Å². The lowest BCUT2D eigenvalue weighted by Crippen LogP contribution is -2.27. The fourth-order valence-electron chi connectivity index (χ4n) is 1.15. The Morgan fingerprint density at radius 2 is 2.69 bits per heavy atom. The quantitative estimate of drug-likeness (QED) is 0.749. The Bertz CT molecular complexity index is 301. The molecule has 13 heavy (non-hydrogen) atoms. The van der Waals surface area contributed by atoms with Crippen molar-refractivity contribution in [2.45, 2.75) is 6.10 Å². The highest BCUT2D eigenvalue weighted by Crippen LogP contribution is 2.22. The van der Waals surface area contributed by atoms with Crippen LogP contribution in [0.1, 0.15) is 0 Å². The Kier molecular flexibility index (Phi) is 2.15. The highest BCUT2D eigenvalue weighted by molar-refractivity contribution is 7.13. The summed E-state index contributed by atoms with van der Waals surface area (Å²) in [7, 11) is 0. The molecule has 1 aliphatic rings. The normalized spacial score (nSPS) is 22.1. The summed E-state index contributed by atoms with van der Waals surface area (Å²) in [6, 6.07) is 0. The zero-order valence-corrected chi connectivity index (χ0v) is 7.66. The Balaban J connectivity index is 2.14. The van der Waals surface area contributed by atoms with Crippen LogP contribution in [0.4, 0.5) is 9.93 Å². The average molecular weight is 199 g/mol. The predicted octanol–water partition coefficient (Wildman–Crippen LogP) is 0.427. The predicted molar refractivity (Wildman–Crippen MR) is 48.8 cm³/mol. The maximum absolute atomic E-state index is 11.3. The van der Waals surface area contributed by atoms with Crippen LogP contribution in [-0.2, 0) is 4.74 Å². The molecule has 0 aliphatic carbocycles. The van der Waals surface area contributed by atoms with Crippen LogP contribution in [0.3, 0.4) is 0 Å². The summed E-state index contributed by atoms with van der Waals surface area (Å²) in [5.41, 5.74) is 5.39. The van der Waals surface area contributed by atoms with Gasteiger partial charge in [0.1, 0.15) is 6.10 Å². The van der Waals surface area contributed by atoms with Crippen molar-refractivity contribution in [1.29, 1.82) is 0 Å².